The van der Waals surface area contributed by atoms with Crippen molar-refractivity contribution in [2.45, 2.75) is 19.4 Å². The molecule has 3 aromatic carbocycles. The summed E-state index contributed by atoms with van der Waals surface area (Å²) in [5.74, 6) is -1.66. The van der Waals surface area contributed by atoms with Crippen LogP contribution in [0.15, 0.2) is 91.5 Å². The van der Waals surface area contributed by atoms with Crippen molar-refractivity contribution in [2.24, 2.45) is 0 Å². The van der Waals surface area contributed by atoms with Crippen LogP contribution in [0.4, 0.5) is 4.79 Å². The Morgan fingerprint density at radius 1 is 0.805 bits per heavy atom. The first-order chi connectivity index (χ1) is 19.9. The largest absolute Gasteiger partial charge is 0.494 e. The second-order valence-electron chi connectivity index (χ2n) is 9.02. The predicted octanol–water partition coefficient (Wildman–Crippen LogP) is 4.40. The van der Waals surface area contributed by atoms with E-state index < -0.39 is 29.8 Å². The zero-order chi connectivity index (χ0) is 29.2. The molecule has 1 heterocycles. The van der Waals surface area contributed by atoms with E-state index in [1.54, 1.807) is 24.3 Å². The van der Waals surface area contributed by atoms with Gasteiger partial charge in [-0.05, 0) is 66.9 Å². The number of nitrogens with zero attached hydrogens (tertiary/aromatic N) is 2. The summed E-state index contributed by atoms with van der Waals surface area (Å²) in [6, 6.07) is 20.5. The lowest BCUT2D eigenvalue weighted by Gasteiger charge is -2.16. The molecule has 41 heavy (non-hydrogen) atoms. The number of carbonyl (C=O) groups excluding carboxylic acids is 5. The van der Waals surface area contributed by atoms with Crippen molar-refractivity contribution in [2.75, 3.05) is 19.8 Å². The molecule has 3 aromatic rings. The van der Waals surface area contributed by atoms with Crippen LogP contribution in [0.5, 0.6) is 11.5 Å². The number of carbonyl (C=O) groups is 5. The Bertz CT molecular complexity index is 1420. The molecule has 0 atom stereocenters. The van der Waals surface area contributed by atoms with Gasteiger partial charge < -0.3 is 19.1 Å². The topological polar surface area (TPSA) is 120 Å². The van der Waals surface area contributed by atoms with Crippen LogP contribution in [0.25, 0.3) is 0 Å². The van der Waals surface area contributed by atoms with Gasteiger partial charge in [0, 0.05) is 18.2 Å². The van der Waals surface area contributed by atoms with E-state index in [1.165, 1.54) is 29.2 Å². The normalized spacial score (nSPS) is 12.7. The van der Waals surface area contributed by atoms with E-state index in [0.717, 1.165) is 11.6 Å². The maximum Gasteiger partial charge on any atom is 0.343 e. The zero-order valence-electron chi connectivity index (χ0n) is 22.2. The van der Waals surface area contributed by atoms with Crippen molar-refractivity contribution in [3.05, 3.63) is 108 Å². The molecule has 1 aliphatic rings. The zero-order valence-corrected chi connectivity index (χ0v) is 22.2. The van der Waals surface area contributed by atoms with E-state index in [4.69, 9.17) is 14.2 Å². The molecule has 4 rings (SSSR count). The van der Waals surface area contributed by atoms with E-state index in [1.807, 2.05) is 30.3 Å². The van der Waals surface area contributed by atoms with Gasteiger partial charge in [-0.3, -0.25) is 9.59 Å². The van der Waals surface area contributed by atoms with Crippen LogP contribution in [-0.2, 0) is 20.9 Å². The van der Waals surface area contributed by atoms with E-state index in [9.17, 15) is 24.0 Å². The van der Waals surface area contributed by atoms with Gasteiger partial charge in [0.05, 0.1) is 18.8 Å². The van der Waals surface area contributed by atoms with Crippen molar-refractivity contribution in [3.63, 3.8) is 0 Å². The number of rotatable bonds is 12. The quantitative estimate of drug-likeness (QED) is 0.0804. The Morgan fingerprint density at radius 2 is 1.44 bits per heavy atom. The fourth-order valence-electron chi connectivity index (χ4n) is 3.95. The highest BCUT2D eigenvalue weighted by molar-refractivity contribution is 6.19. The highest BCUT2D eigenvalue weighted by atomic mass is 16.5. The fraction of sp³-hybridized carbons (Fsp3) is 0.194. The molecule has 0 N–H and O–H groups in total. The molecule has 1 fully saturated rings. The number of hydrogen-bond acceptors (Lipinski definition) is 8. The third-order valence-electron chi connectivity index (χ3n) is 6.08. The summed E-state index contributed by atoms with van der Waals surface area (Å²) in [5.41, 5.74) is 1.24. The number of urea groups is 1. The minimum absolute atomic E-state index is 0.105. The van der Waals surface area contributed by atoms with E-state index in [-0.39, 0.29) is 31.0 Å². The van der Waals surface area contributed by atoms with E-state index >= 15 is 0 Å². The average molecular weight is 557 g/mol. The van der Waals surface area contributed by atoms with Crippen LogP contribution in [0.3, 0.4) is 0 Å². The lowest BCUT2D eigenvalue weighted by atomic mass is 10.2. The Kier molecular flexibility index (Phi) is 9.61. The number of unbranched alkanes of at least 4 members (excludes halogenated alkanes) is 1. The average Bonchev–Trinajstić information content (AvgIpc) is 3.27. The lowest BCUT2D eigenvalue weighted by molar-refractivity contribution is -0.137. The molecule has 0 aliphatic carbocycles. The molecule has 210 valence electrons. The van der Waals surface area contributed by atoms with Crippen molar-refractivity contribution in [3.8, 4) is 11.5 Å². The van der Waals surface area contributed by atoms with Gasteiger partial charge in [-0.15, -0.1) is 0 Å². The van der Waals surface area contributed by atoms with Gasteiger partial charge in [0.2, 0.25) is 0 Å². The number of imide groups is 3. The van der Waals surface area contributed by atoms with E-state index in [0.29, 0.717) is 35.7 Å². The smallest absolute Gasteiger partial charge is 0.343 e. The van der Waals surface area contributed by atoms with Crippen LogP contribution in [-0.4, -0.2) is 59.3 Å². The van der Waals surface area contributed by atoms with Gasteiger partial charge in [-0.25, -0.2) is 14.4 Å². The van der Waals surface area contributed by atoms with Crippen molar-refractivity contribution >= 4 is 29.8 Å². The van der Waals surface area contributed by atoms with Crippen LogP contribution < -0.4 is 9.47 Å². The third kappa shape index (κ3) is 7.66. The highest BCUT2D eigenvalue weighted by Crippen LogP contribution is 2.21. The Balaban J connectivity index is 1.26. The van der Waals surface area contributed by atoms with Gasteiger partial charge in [-0.2, -0.15) is 4.90 Å². The minimum Gasteiger partial charge on any atom is -0.494 e. The second-order valence-corrected chi connectivity index (χ2v) is 9.02. The molecule has 0 unspecified atom stereocenters. The first-order valence-corrected chi connectivity index (χ1v) is 12.9. The minimum atomic E-state index is -0.748. The molecular formula is C31H28N2O8. The SMILES string of the molecule is C=CC(=O)OCCCCOc1ccc(C(=O)Oc2ccc(C(=O)N3C(=O)CN(Cc4ccccc4)C3=O)cc2)cc1. The lowest BCUT2D eigenvalue weighted by Crippen LogP contribution is -2.38. The molecule has 4 amide bonds. The Labute approximate surface area is 236 Å². The van der Waals surface area contributed by atoms with Gasteiger partial charge in [0.25, 0.3) is 11.8 Å². The first kappa shape index (κ1) is 28.8. The molecule has 0 saturated carbocycles. The van der Waals surface area contributed by atoms with Gasteiger partial charge >= 0.3 is 18.0 Å². The first-order valence-electron chi connectivity index (χ1n) is 12.9. The Hall–Kier alpha value is -5.25. The van der Waals surface area contributed by atoms with Gasteiger partial charge in [-0.1, -0.05) is 36.9 Å². The summed E-state index contributed by atoms with van der Waals surface area (Å²) in [4.78, 5) is 63.7. The fourth-order valence-corrected chi connectivity index (χ4v) is 3.95. The van der Waals surface area contributed by atoms with Crippen molar-refractivity contribution < 1.29 is 38.2 Å². The monoisotopic (exact) mass is 556 g/mol. The summed E-state index contributed by atoms with van der Waals surface area (Å²) < 4.78 is 15.9. The summed E-state index contributed by atoms with van der Waals surface area (Å²) >= 11 is 0. The molecule has 0 bridgehead atoms. The number of amides is 4. The molecule has 0 aromatic heterocycles. The molecule has 1 saturated heterocycles. The number of esters is 2. The Morgan fingerprint density at radius 3 is 2.12 bits per heavy atom. The van der Waals surface area contributed by atoms with Gasteiger partial charge in [0.1, 0.15) is 18.0 Å². The molecular weight excluding hydrogens is 528 g/mol. The van der Waals surface area contributed by atoms with Crippen LogP contribution >= 0.6 is 0 Å². The molecule has 1 aliphatic heterocycles. The maximum atomic E-state index is 12.9. The standard InChI is InChI=1S/C31H28N2O8/c1-2-28(35)40-19-7-6-18-39-25-14-12-24(13-15-25)30(37)41-26-16-10-23(11-17-26)29(36)33-27(34)21-32(31(33)38)20-22-8-4-3-5-9-22/h2-5,8-17H,1,6-7,18-21H2. The highest BCUT2D eigenvalue weighted by Gasteiger charge is 2.40. The molecule has 10 nitrogen and oxygen atoms in total. The predicted molar refractivity (Wildman–Crippen MR) is 147 cm³/mol. The number of ether oxygens (including phenoxy) is 3. The second kappa shape index (κ2) is 13.7. The van der Waals surface area contributed by atoms with Crippen LogP contribution in [0.1, 0.15) is 39.1 Å². The van der Waals surface area contributed by atoms with E-state index in [2.05, 4.69) is 6.58 Å². The number of hydrogen-bond donors (Lipinski definition) is 0. The summed E-state index contributed by atoms with van der Waals surface area (Å²) in [6.07, 6.45) is 2.44. The number of benzene rings is 3. The molecule has 0 spiro atoms. The molecule has 10 heteroatoms. The summed E-state index contributed by atoms with van der Waals surface area (Å²) in [7, 11) is 0. The maximum absolute atomic E-state index is 12.9. The van der Waals surface area contributed by atoms with Crippen molar-refractivity contribution in [1.82, 2.24) is 9.80 Å². The van der Waals surface area contributed by atoms with Crippen LogP contribution in [0.2, 0.25) is 0 Å². The molecule has 0 radical (unpaired) electrons. The van der Waals surface area contributed by atoms with Crippen molar-refractivity contribution in [1.29, 1.82) is 0 Å². The third-order valence-corrected chi connectivity index (χ3v) is 6.08. The van der Waals surface area contributed by atoms with Crippen LogP contribution in [0, 0.1) is 0 Å². The van der Waals surface area contributed by atoms with Gasteiger partial charge in [0.15, 0.2) is 0 Å². The summed E-state index contributed by atoms with van der Waals surface area (Å²) in [5, 5.41) is 0. The summed E-state index contributed by atoms with van der Waals surface area (Å²) in [6.45, 7) is 4.06.